The monoisotopic (exact) mass is 397 g/mol. The van der Waals surface area contributed by atoms with Crippen molar-refractivity contribution in [1.82, 2.24) is 10.6 Å². The van der Waals surface area contributed by atoms with Crippen molar-refractivity contribution in [3.63, 3.8) is 0 Å². The second-order valence-corrected chi connectivity index (χ2v) is 6.12. The molecule has 1 aliphatic heterocycles. The van der Waals surface area contributed by atoms with E-state index in [9.17, 15) is 9.59 Å². The molecule has 0 aliphatic carbocycles. The Kier molecular flexibility index (Phi) is 4.82. The van der Waals surface area contributed by atoms with Crippen molar-refractivity contribution in [2.24, 2.45) is 0 Å². The van der Waals surface area contributed by atoms with E-state index in [1.165, 1.54) is 6.08 Å². The predicted molar refractivity (Wildman–Crippen MR) is 94.3 cm³/mol. The van der Waals surface area contributed by atoms with Crippen LogP contribution in [0.15, 0.2) is 52.6 Å². The molecule has 0 bridgehead atoms. The van der Waals surface area contributed by atoms with Crippen LogP contribution in [-0.2, 0) is 11.4 Å². The molecular formula is C18H12BrN3O3. The molecule has 6 nitrogen and oxygen atoms in total. The van der Waals surface area contributed by atoms with Crippen molar-refractivity contribution in [3.8, 4) is 11.8 Å². The lowest BCUT2D eigenvalue weighted by atomic mass is 10.1. The molecule has 0 saturated carbocycles. The number of nitrogens with zero attached hydrogens (tertiary/aromatic N) is 1. The third kappa shape index (κ3) is 3.87. The molecule has 0 atom stereocenters. The van der Waals surface area contributed by atoms with Crippen LogP contribution in [0.4, 0.5) is 4.79 Å². The zero-order chi connectivity index (χ0) is 17.8. The number of nitrogens with one attached hydrogen (secondary N) is 2. The van der Waals surface area contributed by atoms with Gasteiger partial charge in [-0.15, -0.1) is 0 Å². The number of rotatable bonds is 4. The van der Waals surface area contributed by atoms with Gasteiger partial charge < -0.3 is 10.1 Å². The van der Waals surface area contributed by atoms with Gasteiger partial charge in [-0.3, -0.25) is 10.1 Å². The van der Waals surface area contributed by atoms with Crippen LogP contribution in [0.3, 0.4) is 0 Å². The highest BCUT2D eigenvalue weighted by Crippen LogP contribution is 2.27. The first-order chi connectivity index (χ1) is 12.1. The lowest BCUT2D eigenvalue weighted by Gasteiger charge is -2.11. The predicted octanol–water partition coefficient (Wildman–Crippen LogP) is 3.08. The van der Waals surface area contributed by atoms with Crippen LogP contribution in [0.2, 0.25) is 0 Å². The molecule has 0 spiro atoms. The lowest BCUT2D eigenvalue weighted by Crippen LogP contribution is -2.22. The zero-order valence-electron chi connectivity index (χ0n) is 12.9. The number of amides is 3. The summed E-state index contributed by atoms with van der Waals surface area (Å²) >= 11 is 3.38. The molecule has 2 N–H and O–H groups in total. The molecule has 0 unspecified atom stereocenters. The Morgan fingerprint density at radius 3 is 2.68 bits per heavy atom. The molecule has 3 amide bonds. The number of imide groups is 1. The fraction of sp³-hybridized carbons (Fsp3) is 0.0556. The van der Waals surface area contributed by atoms with Crippen LogP contribution in [0.5, 0.6) is 5.75 Å². The third-order valence-electron chi connectivity index (χ3n) is 3.51. The second-order valence-electron chi connectivity index (χ2n) is 5.21. The first-order valence-electron chi connectivity index (χ1n) is 7.31. The number of hydrogen-bond donors (Lipinski definition) is 2. The molecule has 1 fully saturated rings. The minimum absolute atomic E-state index is 0.144. The molecule has 2 aromatic rings. The summed E-state index contributed by atoms with van der Waals surface area (Å²) in [7, 11) is 0. The molecule has 2 aromatic carbocycles. The van der Waals surface area contributed by atoms with E-state index in [1.54, 1.807) is 30.3 Å². The van der Waals surface area contributed by atoms with Crippen molar-refractivity contribution in [2.75, 3.05) is 0 Å². The van der Waals surface area contributed by atoms with E-state index < -0.39 is 11.9 Å². The molecule has 0 radical (unpaired) electrons. The van der Waals surface area contributed by atoms with Crippen molar-refractivity contribution < 1.29 is 14.3 Å². The Balaban J connectivity index is 1.87. The van der Waals surface area contributed by atoms with Crippen LogP contribution in [0.1, 0.15) is 16.7 Å². The molecule has 1 aliphatic rings. The number of benzene rings is 2. The fourth-order valence-corrected chi connectivity index (χ4v) is 2.69. The Bertz CT molecular complexity index is 931. The van der Waals surface area contributed by atoms with Gasteiger partial charge in [-0.2, -0.15) is 5.26 Å². The maximum absolute atomic E-state index is 11.7. The number of halogens is 1. The normalized spacial score (nSPS) is 14.8. The topological polar surface area (TPSA) is 91.2 Å². The quantitative estimate of drug-likeness (QED) is 0.612. The summed E-state index contributed by atoms with van der Waals surface area (Å²) < 4.78 is 6.63. The first-order valence-corrected chi connectivity index (χ1v) is 8.10. The van der Waals surface area contributed by atoms with Gasteiger partial charge in [-0.1, -0.05) is 34.1 Å². The van der Waals surface area contributed by atoms with Gasteiger partial charge in [0.05, 0.1) is 11.6 Å². The molecule has 3 rings (SSSR count). The van der Waals surface area contributed by atoms with Crippen LogP contribution in [0.25, 0.3) is 6.08 Å². The van der Waals surface area contributed by atoms with Gasteiger partial charge in [0.1, 0.15) is 18.1 Å². The Morgan fingerprint density at radius 2 is 1.96 bits per heavy atom. The third-order valence-corrected chi connectivity index (χ3v) is 4.01. The number of carbonyl (C=O) groups is 2. The molecule has 7 heteroatoms. The van der Waals surface area contributed by atoms with E-state index in [0.29, 0.717) is 16.9 Å². The molecule has 1 heterocycles. The molecule has 124 valence electrons. The average Bonchev–Trinajstić information content (AvgIpc) is 2.91. The van der Waals surface area contributed by atoms with Gasteiger partial charge in [0, 0.05) is 15.6 Å². The highest BCUT2D eigenvalue weighted by Gasteiger charge is 2.23. The summed E-state index contributed by atoms with van der Waals surface area (Å²) in [6.07, 6.45) is 1.54. The minimum Gasteiger partial charge on any atom is -0.488 e. The Morgan fingerprint density at radius 1 is 1.16 bits per heavy atom. The number of nitriles is 1. The smallest absolute Gasteiger partial charge is 0.326 e. The van der Waals surface area contributed by atoms with Gasteiger partial charge in [-0.05, 0) is 30.3 Å². The van der Waals surface area contributed by atoms with E-state index in [2.05, 4.69) is 32.6 Å². The number of ether oxygens (including phenoxy) is 1. The summed E-state index contributed by atoms with van der Waals surface area (Å²) in [5.74, 6) is 0.0307. The number of hydrogen-bond acceptors (Lipinski definition) is 4. The van der Waals surface area contributed by atoms with E-state index in [0.717, 1.165) is 10.0 Å². The van der Waals surface area contributed by atoms with Gasteiger partial charge in [0.25, 0.3) is 5.91 Å². The van der Waals surface area contributed by atoms with Crippen LogP contribution in [-0.4, -0.2) is 11.9 Å². The van der Waals surface area contributed by atoms with Crippen molar-refractivity contribution in [2.45, 2.75) is 6.61 Å². The largest absolute Gasteiger partial charge is 0.488 e. The van der Waals surface area contributed by atoms with E-state index >= 15 is 0 Å². The van der Waals surface area contributed by atoms with Crippen LogP contribution >= 0.6 is 15.9 Å². The lowest BCUT2D eigenvalue weighted by molar-refractivity contribution is -0.115. The van der Waals surface area contributed by atoms with Gasteiger partial charge >= 0.3 is 6.03 Å². The summed E-state index contributed by atoms with van der Waals surface area (Å²) in [4.78, 5) is 22.9. The fourth-order valence-electron chi connectivity index (χ4n) is 2.31. The zero-order valence-corrected chi connectivity index (χ0v) is 14.5. The second kappa shape index (κ2) is 7.20. The summed E-state index contributed by atoms with van der Waals surface area (Å²) in [6, 6.07) is 14.1. The molecule has 0 aromatic heterocycles. The molecular weight excluding hydrogens is 386 g/mol. The van der Waals surface area contributed by atoms with Gasteiger partial charge in [0.15, 0.2) is 0 Å². The van der Waals surface area contributed by atoms with Crippen molar-refractivity contribution in [1.29, 1.82) is 5.26 Å². The standard InChI is InChI=1S/C18H12BrN3O3/c19-14-5-6-16(25-10-12-4-2-1-3-11(12)9-20)13(7-14)8-15-17(23)22-18(24)21-15/h1-8H,10H2,(H2,21,22,23,24)/b15-8+. The van der Waals surface area contributed by atoms with Crippen LogP contribution in [0, 0.1) is 11.3 Å². The number of carbonyl (C=O) groups excluding carboxylic acids is 2. The Hall–Kier alpha value is -3.11. The highest BCUT2D eigenvalue weighted by molar-refractivity contribution is 9.10. The Labute approximate surface area is 152 Å². The average molecular weight is 398 g/mol. The highest BCUT2D eigenvalue weighted by atomic mass is 79.9. The van der Waals surface area contributed by atoms with E-state index in [1.807, 2.05) is 12.1 Å². The van der Waals surface area contributed by atoms with E-state index in [-0.39, 0.29) is 12.3 Å². The van der Waals surface area contributed by atoms with Crippen molar-refractivity contribution >= 4 is 33.9 Å². The number of urea groups is 1. The summed E-state index contributed by atoms with van der Waals surface area (Å²) in [6.45, 7) is 0.208. The van der Waals surface area contributed by atoms with Crippen LogP contribution < -0.4 is 15.4 Å². The minimum atomic E-state index is -0.559. The maximum Gasteiger partial charge on any atom is 0.326 e. The maximum atomic E-state index is 11.7. The first kappa shape index (κ1) is 16.7. The van der Waals surface area contributed by atoms with Crippen molar-refractivity contribution in [3.05, 3.63) is 69.3 Å². The van der Waals surface area contributed by atoms with Gasteiger partial charge in [0.2, 0.25) is 0 Å². The SMILES string of the molecule is N#Cc1ccccc1COc1ccc(Br)cc1/C=C1/NC(=O)NC1=O. The molecule has 1 saturated heterocycles. The molecule has 25 heavy (non-hydrogen) atoms. The summed E-state index contributed by atoms with van der Waals surface area (Å²) in [5.41, 5.74) is 2.07. The summed E-state index contributed by atoms with van der Waals surface area (Å²) in [5, 5.41) is 13.7. The van der Waals surface area contributed by atoms with E-state index in [4.69, 9.17) is 10.00 Å². The van der Waals surface area contributed by atoms with Gasteiger partial charge in [-0.25, -0.2) is 4.79 Å².